The van der Waals surface area contributed by atoms with E-state index in [1.807, 2.05) is 0 Å². The summed E-state index contributed by atoms with van der Waals surface area (Å²) < 4.78 is 43.8. The van der Waals surface area contributed by atoms with Gasteiger partial charge >= 0.3 is 0 Å². The molecule has 1 saturated heterocycles. The predicted molar refractivity (Wildman–Crippen MR) is 78.9 cm³/mol. The van der Waals surface area contributed by atoms with Gasteiger partial charge in [-0.3, -0.25) is 0 Å². The lowest BCUT2D eigenvalue weighted by molar-refractivity contribution is 0.176. The lowest BCUT2D eigenvalue weighted by Crippen LogP contribution is -2.40. The molecule has 1 aliphatic rings. The SMILES string of the molecule is CS(=O)(=O)N1CCCC(COc2ccc(CN)cc2F)C1. The number of sulfonamides is 1. The Morgan fingerprint density at radius 3 is 2.86 bits per heavy atom. The molecule has 0 bridgehead atoms. The summed E-state index contributed by atoms with van der Waals surface area (Å²) in [6.45, 7) is 1.57. The first-order valence-corrected chi connectivity index (χ1v) is 8.81. The summed E-state index contributed by atoms with van der Waals surface area (Å²) in [6, 6.07) is 4.65. The maximum atomic E-state index is 13.8. The first kappa shape index (κ1) is 16.2. The molecule has 21 heavy (non-hydrogen) atoms. The molecule has 2 N–H and O–H groups in total. The molecule has 1 aromatic carbocycles. The molecule has 0 saturated carbocycles. The normalized spacial score (nSPS) is 20.4. The standard InChI is InChI=1S/C14H21FN2O3S/c1-21(18,19)17-6-2-3-12(9-17)10-20-14-5-4-11(8-16)7-13(14)15/h4-5,7,12H,2-3,6,8-10,16H2,1H3. The molecule has 0 amide bonds. The van der Waals surface area contributed by atoms with Crippen molar-refractivity contribution in [3.05, 3.63) is 29.6 Å². The van der Waals surface area contributed by atoms with E-state index in [0.29, 0.717) is 25.3 Å². The second kappa shape index (κ2) is 6.72. The second-order valence-corrected chi connectivity index (χ2v) is 7.39. The van der Waals surface area contributed by atoms with Crippen molar-refractivity contribution in [2.24, 2.45) is 11.7 Å². The van der Waals surface area contributed by atoms with Crippen LogP contribution in [0.1, 0.15) is 18.4 Å². The van der Waals surface area contributed by atoms with E-state index in [4.69, 9.17) is 10.5 Å². The Morgan fingerprint density at radius 1 is 1.48 bits per heavy atom. The third-order valence-electron chi connectivity index (χ3n) is 3.66. The third kappa shape index (κ3) is 4.39. The Hall–Kier alpha value is -1.18. The molecule has 1 heterocycles. The van der Waals surface area contributed by atoms with Crippen LogP contribution in [0, 0.1) is 11.7 Å². The lowest BCUT2D eigenvalue weighted by Gasteiger charge is -2.30. The molecule has 1 unspecified atom stereocenters. The largest absolute Gasteiger partial charge is 0.490 e. The lowest BCUT2D eigenvalue weighted by atomic mass is 10.0. The highest BCUT2D eigenvalue weighted by Gasteiger charge is 2.26. The number of nitrogens with zero attached hydrogens (tertiary/aromatic N) is 1. The van der Waals surface area contributed by atoms with Gasteiger partial charge in [0, 0.05) is 25.6 Å². The molecule has 0 spiro atoms. The minimum atomic E-state index is -3.17. The van der Waals surface area contributed by atoms with Gasteiger partial charge in [0.25, 0.3) is 0 Å². The van der Waals surface area contributed by atoms with Crippen molar-refractivity contribution in [3.63, 3.8) is 0 Å². The van der Waals surface area contributed by atoms with E-state index in [2.05, 4.69) is 0 Å². The van der Waals surface area contributed by atoms with E-state index in [0.717, 1.165) is 12.8 Å². The molecule has 1 aliphatic heterocycles. The van der Waals surface area contributed by atoms with Crippen LogP contribution in [0.2, 0.25) is 0 Å². The molecule has 1 atom stereocenters. The average molecular weight is 316 g/mol. The Labute approximate surface area is 124 Å². The van der Waals surface area contributed by atoms with Crippen molar-refractivity contribution < 1.29 is 17.5 Å². The van der Waals surface area contributed by atoms with Crippen LogP contribution in [0.15, 0.2) is 18.2 Å². The Balaban J connectivity index is 1.94. The van der Waals surface area contributed by atoms with Crippen LogP contribution in [0.4, 0.5) is 4.39 Å². The topological polar surface area (TPSA) is 72.6 Å². The fourth-order valence-corrected chi connectivity index (χ4v) is 3.40. The predicted octanol–water partition coefficient (Wildman–Crippen LogP) is 1.33. The van der Waals surface area contributed by atoms with Gasteiger partial charge in [-0.1, -0.05) is 6.07 Å². The fraction of sp³-hybridized carbons (Fsp3) is 0.571. The zero-order chi connectivity index (χ0) is 15.5. The van der Waals surface area contributed by atoms with Crippen molar-refractivity contribution in [3.8, 4) is 5.75 Å². The van der Waals surface area contributed by atoms with Gasteiger partial charge in [0.05, 0.1) is 12.9 Å². The number of benzene rings is 1. The van der Waals surface area contributed by atoms with Gasteiger partial charge in [0.15, 0.2) is 11.6 Å². The van der Waals surface area contributed by atoms with Crippen molar-refractivity contribution >= 4 is 10.0 Å². The molecular weight excluding hydrogens is 295 g/mol. The average Bonchev–Trinajstić information content (AvgIpc) is 2.45. The van der Waals surface area contributed by atoms with Crippen LogP contribution in [-0.4, -0.2) is 38.7 Å². The minimum Gasteiger partial charge on any atom is -0.490 e. The molecule has 118 valence electrons. The summed E-state index contributed by atoms with van der Waals surface area (Å²) in [5, 5.41) is 0. The summed E-state index contributed by atoms with van der Waals surface area (Å²) in [4.78, 5) is 0. The van der Waals surface area contributed by atoms with Gasteiger partial charge in [-0.05, 0) is 30.5 Å². The van der Waals surface area contributed by atoms with Crippen molar-refractivity contribution in [2.45, 2.75) is 19.4 Å². The van der Waals surface area contributed by atoms with Crippen LogP contribution in [-0.2, 0) is 16.6 Å². The summed E-state index contributed by atoms with van der Waals surface area (Å²) in [5.41, 5.74) is 6.15. The number of hydrogen-bond donors (Lipinski definition) is 1. The number of halogens is 1. The van der Waals surface area contributed by atoms with E-state index in [9.17, 15) is 12.8 Å². The van der Waals surface area contributed by atoms with Gasteiger partial charge in [0.2, 0.25) is 10.0 Å². The van der Waals surface area contributed by atoms with Gasteiger partial charge in [0.1, 0.15) is 0 Å². The number of rotatable bonds is 5. The van der Waals surface area contributed by atoms with Crippen LogP contribution in [0.3, 0.4) is 0 Å². The molecule has 0 aliphatic carbocycles. The van der Waals surface area contributed by atoms with E-state index in [1.165, 1.54) is 16.6 Å². The molecule has 0 radical (unpaired) electrons. The Bertz CT molecular complexity index is 592. The van der Waals surface area contributed by atoms with E-state index < -0.39 is 15.8 Å². The highest BCUT2D eigenvalue weighted by Crippen LogP contribution is 2.22. The second-order valence-electron chi connectivity index (χ2n) is 5.41. The molecule has 1 aromatic rings. The summed E-state index contributed by atoms with van der Waals surface area (Å²) >= 11 is 0. The van der Waals surface area contributed by atoms with Crippen LogP contribution >= 0.6 is 0 Å². The maximum absolute atomic E-state index is 13.8. The molecule has 0 aromatic heterocycles. The van der Waals surface area contributed by atoms with Gasteiger partial charge in [-0.25, -0.2) is 17.1 Å². The quantitative estimate of drug-likeness (QED) is 0.889. The van der Waals surface area contributed by atoms with E-state index >= 15 is 0 Å². The number of hydrogen-bond acceptors (Lipinski definition) is 4. The number of nitrogens with two attached hydrogens (primary N) is 1. The number of piperidine rings is 1. The molecule has 7 heteroatoms. The first-order valence-electron chi connectivity index (χ1n) is 6.96. The zero-order valence-corrected chi connectivity index (χ0v) is 12.9. The van der Waals surface area contributed by atoms with Gasteiger partial charge in [-0.2, -0.15) is 0 Å². The van der Waals surface area contributed by atoms with Crippen LogP contribution in [0.25, 0.3) is 0 Å². The Morgan fingerprint density at radius 2 is 2.24 bits per heavy atom. The van der Waals surface area contributed by atoms with Crippen LogP contribution in [0.5, 0.6) is 5.75 Å². The summed E-state index contributed by atoms with van der Waals surface area (Å²) in [6.07, 6.45) is 2.89. The van der Waals surface area contributed by atoms with Gasteiger partial charge < -0.3 is 10.5 Å². The van der Waals surface area contributed by atoms with Crippen molar-refractivity contribution in [2.75, 3.05) is 26.0 Å². The maximum Gasteiger partial charge on any atom is 0.211 e. The zero-order valence-electron chi connectivity index (χ0n) is 12.1. The summed E-state index contributed by atoms with van der Waals surface area (Å²) in [5.74, 6) is -0.167. The van der Waals surface area contributed by atoms with Crippen LogP contribution < -0.4 is 10.5 Å². The molecule has 2 rings (SSSR count). The molecule has 1 fully saturated rings. The van der Waals surface area contributed by atoms with E-state index in [1.54, 1.807) is 12.1 Å². The van der Waals surface area contributed by atoms with Crippen molar-refractivity contribution in [1.82, 2.24) is 4.31 Å². The minimum absolute atomic E-state index is 0.0852. The monoisotopic (exact) mass is 316 g/mol. The fourth-order valence-electron chi connectivity index (χ4n) is 2.46. The highest BCUT2D eigenvalue weighted by atomic mass is 32.2. The van der Waals surface area contributed by atoms with E-state index in [-0.39, 0.29) is 18.2 Å². The summed E-state index contributed by atoms with van der Waals surface area (Å²) in [7, 11) is -3.17. The number of ether oxygens (including phenoxy) is 1. The molecule has 5 nitrogen and oxygen atoms in total. The molecular formula is C14H21FN2O3S. The smallest absolute Gasteiger partial charge is 0.211 e. The third-order valence-corrected chi connectivity index (χ3v) is 4.93. The van der Waals surface area contributed by atoms with Gasteiger partial charge in [-0.15, -0.1) is 0 Å². The van der Waals surface area contributed by atoms with Crippen molar-refractivity contribution in [1.29, 1.82) is 0 Å². The Kier molecular flexibility index (Phi) is 5.18. The highest BCUT2D eigenvalue weighted by molar-refractivity contribution is 7.88. The first-order chi connectivity index (χ1) is 9.90.